The van der Waals surface area contributed by atoms with E-state index in [2.05, 4.69) is 26.8 Å². The van der Waals surface area contributed by atoms with Gasteiger partial charge in [0, 0.05) is 5.41 Å². The second-order valence-corrected chi connectivity index (χ2v) is 9.89. The number of allylic oxidation sites excluding steroid dienone is 2. The largest absolute Gasteiger partial charge is 0.382 e. The fourth-order valence-corrected chi connectivity index (χ4v) is 7.80. The van der Waals surface area contributed by atoms with Gasteiger partial charge in [-0.2, -0.15) is 0 Å². The van der Waals surface area contributed by atoms with E-state index in [-0.39, 0.29) is 11.2 Å². The Hall–Kier alpha value is -0.630. The summed E-state index contributed by atoms with van der Waals surface area (Å²) in [5.74, 6) is 2.64. The standard InChI is InChI=1S/C22H34O2/c1-14-13-16-18(20(3)10-6-5-7-17(14)20)8-11-21(4)19(16)9-12-22(21,24)15(2)23/h7,14,16,18-19,24H,5-6,8-13H2,1-4H3. The summed E-state index contributed by atoms with van der Waals surface area (Å²) in [6.45, 7) is 8.78. The Labute approximate surface area is 147 Å². The summed E-state index contributed by atoms with van der Waals surface area (Å²) >= 11 is 0. The molecule has 3 saturated carbocycles. The molecule has 2 heteroatoms. The van der Waals surface area contributed by atoms with Crippen LogP contribution in [0.1, 0.15) is 79.1 Å². The summed E-state index contributed by atoms with van der Waals surface area (Å²) in [6.07, 6.45) is 11.7. The van der Waals surface area contributed by atoms with E-state index in [1.54, 1.807) is 12.5 Å². The van der Waals surface area contributed by atoms with Crippen LogP contribution in [0.2, 0.25) is 0 Å². The molecule has 0 heterocycles. The van der Waals surface area contributed by atoms with Gasteiger partial charge in [-0.25, -0.2) is 0 Å². The van der Waals surface area contributed by atoms with Gasteiger partial charge in [-0.3, -0.25) is 4.79 Å². The van der Waals surface area contributed by atoms with E-state index in [9.17, 15) is 9.90 Å². The average molecular weight is 331 g/mol. The number of rotatable bonds is 1. The minimum atomic E-state index is -1.07. The summed E-state index contributed by atoms with van der Waals surface area (Å²) < 4.78 is 0. The molecule has 7 atom stereocenters. The topological polar surface area (TPSA) is 37.3 Å². The average Bonchev–Trinajstić information content (AvgIpc) is 2.81. The van der Waals surface area contributed by atoms with Crippen LogP contribution in [-0.4, -0.2) is 16.5 Å². The fraction of sp³-hybridized carbons (Fsp3) is 0.864. The van der Waals surface area contributed by atoms with Gasteiger partial charge < -0.3 is 5.11 Å². The number of aliphatic hydroxyl groups is 1. The van der Waals surface area contributed by atoms with Gasteiger partial charge in [0.2, 0.25) is 0 Å². The maximum Gasteiger partial charge on any atom is 0.161 e. The summed E-state index contributed by atoms with van der Waals surface area (Å²) in [5.41, 5.74) is 0.832. The fourth-order valence-electron chi connectivity index (χ4n) is 7.80. The van der Waals surface area contributed by atoms with Crippen molar-refractivity contribution in [3.63, 3.8) is 0 Å². The third-order valence-corrected chi connectivity index (χ3v) is 9.07. The smallest absolute Gasteiger partial charge is 0.161 e. The molecule has 0 radical (unpaired) electrons. The number of hydrogen-bond donors (Lipinski definition) is 1. The van der Waals surface area contributed by atoms with Crippen LogP contribution < -0.4 is 0 Å². The number of Topliss-reactive ketones (excluding diaryl/α,β-unsaturated/α-hetero) is 1. The highest BCUT2D eigenvalue weighted by atomic mass is 16.3. The molecular weight excluding hydrogens is 296 g/mol. The van der Waals surface area contributed by atoms with E-state index in [0.717, 1.165) is 18.8 Å². The lowest BCUT2D eigenvalue weighted by Gasteiger charge is -2.60. The number of ketones is 1. The molecule has 0 bridgehead atoms. The second-order valence-electron chi connectivity index (χ2n) is 9.89. The molecule has 3 fully saturated rings. The first-order valence-corrected chi connectivity index (χ1v) is 10.2. The Bertz CT molecular complexity index is 593. The summed E-state index contributed by atoms with van der Waals surface area (Å²) in [4.78, 5) is 12.3. The number of carbonyl (C=O) groups excluding carboxylic acids is 1. The summed E-state index contributed by atoms with van der Waals surface area (Å²) in [5, 5.41) is 11.2. The normalized spacial score (nSPS) is 53.6. The maximum absolute atomic E-state index is 12.3. The first-order valence-electron chi connectivity index (χ1n) is 10.2. The quantitative estimate of drug-likeness (QED) is 0.694. The van der Waals surface area contributed by atoms with Gasteiger partial charge in [0.15, 0.2) is 5.78 Å². The van der Waals surface area contributed by atoms with E-state index in [4.69, 9.17) is 0 Å². The minimum absolute atomic E-state index is 0.000675. The number of hydrogen-bond acceptors (Lipinski definition) is 2. The van der Waals surface area contributed by atoms with E-state index in [1.807, 2.05) is 0 Å². The molecule has 0 aromatic carbocycles. The van der Waals surface area contributed by atoms with Crippen molar-refractivity contribution in [2.45, 2.75) is 84.7 Å². The molecular formula is C22H34O2. The van der Waals surface area contributed by atoms with Crippen LogP contribution in [0.15, 0.2) is 11.6 Å². The van der Waals surface area contributed by atoms with Gasteiger partial charge in [-0.1, -0.05) is 32.4 Å². The lowest BCUT2D eigenvalue weighted by molar-refractivity contribution is -0.160. The first kappa shape index (κ1) is 16.8. The molecule has 0 aromatic heterocycles. The predicted molar refractivity (Wildman–Crippen MR) is 96.5 cm³/mol. The van der Waals surface area contributed by atoms with Crippen molar-refractivity contribution in [1.82, 2.24) is 0 Å². The monoisotopic (exact) mass is 330 g/mol. The predicted octanol–water partition coefficient (Wildman–Crippen LogP) is 4.91. The number of carbonyl (C=O) groups is 1. The Balaban J connectivity index is 1.73. The molecule has 0 aromatic rings. The highest BCUT2D eigenvalue weighted by Crippen LogP contribution is 2.68. The van der Waals surface area contributed by atoms with E-state index >= 15 is 0 Å². The van der Waals surface area contributed by atoms with Crippen molar-refractivity contribution in [3.8, 4) is 0 Å². The Morgan fingerprint density at radius 3 is 2.58 bits per heavy atom. The van der Waals surface area contributed by atoms with E-state index < -0.39 is 5.60 Å². The van der Waals surface area contributed by atoms with Crippen LogP contribution in [0.25, 0.3) is 0 Å². The molecule has 2 nitrogen and oxygen atoms in total. The lowest BCUT2D eigenvalue weighted by atomic mass is 9.45. The Morgan fingerprint density at radius 2 is 1.88 bits per heavy atom. The zero-order valence-electron chi connectivity index (χ0n) is 15.9. The van der Waals surface area contributed by atoms with Crippen molar-refractivity contribution in [1.29, 1.82) is 0 Å². The second kappa shape index (κ2) is 5.19. The third kappa shape index (κ3) is 1.90. The molecule has 4 aliphatic rings. The van der Waals surface area contributed by atoms with Crippen molar-refractivity contribution in [2.75, 3.05) is 0 Å². The first-order chi connectivity index (χ1) is 11.2. The van der Waals surface area contributed by atoms with Crippen molar-refractivity contribution in [2.24, 2.45) is 34.5 Å². The molecule has 134 valence electrons. The van der Waals surface area contributed by atoms with Crippen molar-refractivity contribution in [3.05, 3.63) is 11.6 Å². The SMILES string of the molecule is CC(=O)C1(O)CCC2C3CC(C)C4=CCCCC4(C)C3CCC21C. The third-order valence-electron chi connectivity index (χ3n) is 9.07. The molecule has 0 amide bonds. The molecule has 1 N–H and O–H groups in total. The lowest BCUT2D eigenvalue weighted by Crippen LogP contribution is -2.57. The van der Waals surface area contributed by atoms with Gasteiger partial charge >= 0.3 is 0 Å². The van der Waals surface area contributed by atoms with Gasteiger partial charge in [0.05, 0.1) is 0 Å². The van der Waals surface area contributed by atoms with Crippen LogP contribution in [0.4, 0.5) is 0 Å². The molecule has 0 saturated heterocycles. The van der Waals surface area contributed by atoms with Crippen LogP contribution in [0.3, 0.4) is 0 Å². The summed E-state index contributed by atoms with van der Waals surface area (Å²) in [6, 6.07) is 0. The zero-order chi connectivity index (χ0) is 17.3. The van der Waals surface area contributed by atoms with Gasteiger partial charge in [-0.15, -0.1) is 0 Å². The van der Waals surface area contributed by atoms with Gasteiger partial charge in [0.1, 0.15) is 5.60 Å². The Kier molecular flexibility index (Phi) is 3.64. The van der Waals surface area contributed by atoms with Crippen LogP contribution in [0.5, 0.6) is 0 Å². The minimum Gasteiger partial charge on any atom is -0.382 e. The molecule has 0 spiro atoms. The molecule has 0 aliphatic heterocycles. The number of fused-ring (bicyclic) bond motifs is 5. The summed E-state index contributed by atoms with van der Waals surface area (Å²) in [7, 11) is 0. The molecule has 4 rings (SSSR count). The molecule has 4 aliphatic carbocycles. The van der Waals surface area contributed by atoms with E-state index in [0.29, 0.717) is 29.6 Å². The molecule has 7 unspecified atom stereocenters. The van der Waals surface area contributed by atoms with E-state index in [1.165, 1.54) is 32.1 Å². The molecule has 24 heavy (non-hydrogen) atoms. The van der Waals surface area contributed by atoms with Crippen molar-refractivity contribution < 1.29 is 9.90 Å². The van der Waals surface area contributed by atoms with Gasteiger partial charge in [0.25, 0.3) is 0 Å². The van der Waals surface area contributed by atoms with Gasteiger partial charge in [-0.05, 0) is 87.4 Å². The highest BCUT2D eigenvalue weighted by Gasteiger charge is 2.65. The highest BCUT2D eigenvalue weighted by molar-refractivity contribution is 5.86. The van der Waals surface area contributed by atoms with Crippen LogP contribution in [-0.2, 0) is 4.79 Å². The van der Waals surface area contributed by atoms with Crippen molar-refractivity contribution >= 4 is 5.78 Å². The van der Waals surface area contributed by atoms with Crippen LogP contribution in [0, 0.1) is 34.5 Å². The zero-order valence-corrected chi connectivity index (χ0v) is 15.9. The Morgan fingerprint density at radius 1 is 1.17 bits per heavy atom. The maximum atomic E-state index is 12.3. The van der Waals surface area contributed by atoms with Crippen LogP contribution >= 0.6 is 0 Å².